The first-order valence-electron chi connectivity index (χ1n) is 9.39. The van der Waals surface area contributed by atoms with Crippen molar-refractivity contribution in [2.75, 3.05) is 6.54 Å². The Bertz CT molecular complexity index is 631. The number of alkyl halides is 3. The number of carbonyl (C=O) groups excluding carboxylic acids is 1. The molecule has 0 aromatic carbocycles. The Morgan fingerprint density at radius 1 is 1.11 bits per heavy atom. The molecular formula is C18H27F3N2O5. The Balaban J connectivity index is 0.000000345. The van der Waals surface area contributed by atoms with E-state index >= 15 is 0 Å². The highest BCUT2D eigenvalue weighted by atomic mass is 19.4. The summed E-state index contributed by atoms with van der Waals surface area (Å²) in [7, 11) is 0. The lowest BCUT2D eigenvalue weighted by Crippen LogP contribution is -2.53. The smallest absolute Gasteiger partial charge is 0.480 e. The Kier molecular flexibility index (Phi) is 6.32. The summed E-state index contributed by atoms with van der Waals surface area (Å²) in [5, 5.41) is 16.6. The van der Waals surface area contributed by atoms with Gasteiger partial charge in [0.25, 0.3) is 0 Å². The highest BCUT2D eigenvalue weighted by Gasteiger charge is 2.69. The fourth-order valence-electron chi connectivity index (χ4n) is 4.68. The number of hydrogen-bond acceptors (Lipinski definition) is 4. The summed E-state index contributed by atoms with van der Waals surface area (Å²) in [5.41, 5.74) is 6.23. The second kappa shape index (κ2) is 7.88. The monoisotopic (exact) mass is 408 g/mol. The van der Waals surface area contributed by atoms with E-state index in [4.69, 9.17) is 15.6 Å². The van der Waals surface area contributed by atoms with Gasteiger partial charge in [0.15, 0.2) is 0 Å². The Hall–Kier alpha value is -1.84. The van der Waals surface area contributed by atoms with Crippen molar-refractivity contribution in [3.05, 3.63) is 0 Å². The summed E-state index contributed by atoms with van der Waals surface area (Å²) >= 11 is 0. The number of rotatable bonds is 3. The summed E-state index contributed by atoms with van der Waals surface area (Å²) in [5.74, 6) is -3.13. The lowest BCUT2D eigenvalue weighted by molar-refractivity contribution is -0.192. The number of carboxylic acid groups (broad SMARTS) is 2. The molecule has 2 aliphatic carbocycles. The maximum Gasteiger partial charge on any atom is 0.490 e. The fourth-order valence-corrected chi connectivity index (χ4v) is 4.68. The zero-order chi connectivity index (χ0) is 21.4. The van der Waals surface area contributed by atoms with Crippen LogP contribution in [0, 0.1) is 23.2 Å². The number of piperidine rings is 1. The lowest BCUT2D eigenvalue weighted by atomic mass is 9.83. The molecular weight excluding hydrogens is 381 g/mol. The maximum atomic E-state index is 12.7. The van der Waals surface area contributed by atoms with Crippen LogP contribution in [0.15, 0.2) is 0 Å². The number of amides is 1. The largest absolute Gasteiger partial charge is 0.490 e. The van der Waals surface area contributed by atoms with Crippen molar-refractivity contribution < 1.29 is 37.8 Å². The van der Waals surface area contributed by atoms with Crippen molar-refractivity contribution in [1.29, 1.82) is 0 Å². The van der Waals surface area contributed by atoms with Gasteiger partial charge in [0.05, 0.1) is 6.04 Å². The minimum atomic E-state index is -5.08. The number of fused-ring (bicyclic) bond motifs is 1. The van der Waals surface area contributed by atoms with Gasteiger partial charge in [0.1, 0.15) is 6.04 Å². The molecule has 0 aromatic rings. The van der Waals surface area contributed by atoms with E-state index in [1.165, 1.54) is 6.42 Å². The van der Waals surface area contributed by atoms with E-state index in [1.807, 2.05) is 0 Å². The highest BCUT2D eigenvalue weighted by Crippen LogP contribution is 2.64. The number of halogens is 3. The molecule has 0 aromatic heterocycles. The molecule has 1 amide bonds. The molecule has 3 fully saturated rings. The third kappa shape index (κ3) is 4.42. The van der Waals surface area contributed by atoms with Crippen molar-refractivity contribution in [3.63, 3.8) is 0 Å². The third-order valence-corrected chi connectivity index (χ3v) is 6.43. The van der Waals surface area contributed by atoms with Gasteiger partial charge in [-0.1, -0.05) is 33.1 Å². The van der Waals surface area contributed by atoms with Crippen LogP contribution in [-0.2, 0) is 14.4 Å². The summed E-state index contributed by atoms with van der Waals surface area (Å²) in [6, 6.07) is -1.19. The molecule has 3 aliphatic rings. The molecule has 0 bridgehead atoms. The minimum absolute atomic E-state index is 0.0504. The topological polar surface area (TPSA) is 121 Å². The van der Waals surface area contributed by atoms with Crippen LogP contribution in [0.4, 0.5) is 13.2 Å². The van der Waals surface area contributed by atoms with Gasteiger partial charge >= 0.3 is 18.1 Å². The van der Waals surface area contributed by atoms with Crippen LogP contribution in [0.5, 0.6) is 0 Å². The van der Waals surface area contributed by atoms with E-state index in [0.717, 1.165) is 25.7 Å². The van der Waals surface area contributed by atoms with E-state index in [9.17, 15) is 27.9 Å². The molecule has 28 heavy (non-hydrogen) atoms. The van der Waals surface area contributed by atoms with Gasteiger partial charge in [-0.25, -0.2) is 9.59 Å². The summed E-state index contributed by atoms with van der Waals surface area (Å²) in [6.07, 6.45) is 0.392. The standard InChI is InChI=1S/C16H26N2O3.C2HF3O2/c1-16(2)10-8-18(13(11(10)16)15(20)21)14(19)12(17)9-6-4-3-5-7-9;3-2(4,5)1(6)7/h9-13H,3-8,17H2,1-2H3,(H,20,21);(H,6,7)/t10-,11-,12-,13-;/m0./s1. The second-order valence-electron chi connectivity index (χ2n) is 8.45. The van der Waals surface area contributed by atoms with Crippen molar-refractivity contribution in [2.24, 2.45) is 28.9 Å². The number of carbonyl (C=O) groups is 3. The first kappa shape index (κ1) is 22.4. The molecule has 1 saturated heterocycles. The second-order valence-corrected chi connectivity index (χ2v) is 8.45. The molecule has 1 heterocycles. The van der Waals surface area contributed by atoms with Gasteiger partial charge in [0, 0.05) is 12.5 Å². The number of likely N-dealkylation sites (tertiary alicyclic amines) is 1. The van der Waals surface area contributed by atoms with Gasteiger partial charge < -0.3 is 20.8 Å². The lowest BCUT2D eigenvalue weighted by Gasteiger charge is -2.34. The average Bonchev–Trinajstić information content (AvgIpc) is 2.97. The van der Waals surface area contributed by atoms with E-state index in [2.05, 4.69) is 13.8 Å². The molecule has 2 saturated carbocycles. The van der Waals surface area contributed by atoms with Gasteiger partial charge in [-0.3, -0.25) is 4.79 Å². The molecule has 0 unspecified atom stereocenters. The van der Waals surface area contributed by atoms with Gasteiger partial charge in [-0.2, -0.15) is 13.2 Å². The number of carboxylic acids is 2. The molecule has 4 atom stereocenters. The highest BCUT2D eigenvalue weighted by molar-refractivity contribution is 5.88. The van der Waals surface area contributed by atoms with E-state index in [1.54, 1.807) is 4.90 Å². The van der Waals surface area contributed by atoms with Crippen molar-refractivity contribution in [3.8, 4) is 0 Å². The third-order valence-electron chi connectivity index (χ3n) is 6.43. The minimum Gasteiger partial charge on any atom is -0.480 e. The normalized spacial score (nSPS) is 29.9. The average molecular weight is 408 g/mol. The fraction of sp³-hybridized carbons (Fsp3) is 0.833. The zero-order valence-electron chi connectivity index (χ0n) is 15.9. The van der Waals surface area contributed by atoms with E-state index in [-0.39, 0.29) is 23.2 Å². The van der Waals surface area contributed by atoms with Crippen molar-refractivity contribution in [1.82, 2.24) is 4.90 Å². The first-order valence-corrected chi connectivity index (χ1v) is 9.39. The molecule has 0 radical (unpaired) electrons. The number of nitrogens with two attached hydrogens (primary N) is 1. The predicted octanol–water partition coefficient (Wildman–Crippen LogP) is 2.09. The van der Waals surface area contributed by atoms with Crippen LogP contribution in [0.1, 0.15) is 46.0 Å². The Morgan fingerprint density at radius 3 is 2.04 bits per heavy atom. The molecule has 1 aliphatic heterocycles. The number of nitrogens with zero attached hydrogens (tertiary/aromatic N) is 1. The summed E-state index contributed by atoms with van der Waals surface area (Å²) in [6.45, 7) is 4.76. The molecule has 160 valence electrons. The van der Waals surface area contributed by atoms with Crippen LogP contribution in [0.25, 0.3) is 0 Å². The van der Waals surface area contributed by atoms with Crippen LogP contribution in [0.3, 0.4) is 0 Å². The Labute approximate surface area is 161 Å². The summed E-state index contributed by atoms with van der Waals surface area (Å²) in [4.78, 5) is 34.7. The van der Waals surface area contributed by atoms with Crippen LogP contribution in [0.2, 0.25) is 0 Å². The first-order chi connectivity index (χ1) is 12.8. The molecule has 4 N–H and O–H groups in total. The quantitative estimate of drug-likeness (QED) is 0.658. The molecule has 10 heteroatoms. The molecule has 0 spiro atoms. The van der Waals surface area contributed by atoms with Crippen LogP contribution < -0.4 is 5.73 Å². The predicted molar refractivity (Wildman–Crippen MR) is 92.1 cm³/mol. The van der Waals surface area contributed by atoms with E-state index < -0.39 is 30.2 Å². The Morgan fingerprint density at radius 2 is 1.61 bits per heavy atom. The van der Waals surface area contributed by atoms with Crippen LogP contribution >= 0.6 is 0 Å². The van der Waals surface area contributed by atoms with Gasteiger partial charge in [0.2, 0.25) is 5.91 Å². The van der Waals surface area contributed by atoms with Gasteiger partial charge in [-0.15, -0.1) is 0 Å². The number of hydrogen-bond donors (Lipinski definition) is 3. The van der Waals surface area contributed by atoms with Crippen LogP contribution in [-0.4, -0.2) is 57.8 Å². The summed E-state index contributed by atoms with van der Waals surface area (Å²) < 4.78 is 31.7. The zero-order valence-corrected chi connectivity index (χ0v) is 15.9. The molecule has 3 rings (SSSR count). The number of aliphatic carboxylic acids is 2. The van der Waals surface area contributed by atoms with Crippen molar-refractivity contribution in [2.45, 2.75) is 64.2 Å². The van der Waals surface area contributed by atoms with E-state index in [0.29, 0.717) is 12.5 Å². The molecule has 7 nitrogen and oxygen atoms in total. The maximum absolute atomic E-state index is 12.7. The SMILES string of the molecule is CC1(C)[C@@H]2[C@@H](C(=O)O)N(C(=O)[C@@H](N)C3CCCCC3)C[C@@H]21.O=C(O)C(F)(F)F. The van der Waals surface area contributed by atoms with Crippen molar-refractivity contribution >= 4 is 17.8 Å². The van der Waals surface area contributed by atoms with Gasteiger partial charge in [-0.05, 0) is 30.1 Å².